The molecule has 0 spiro atoms. The van der Waals surface area contributed by atoms with Crippen LogP contribution in [0.3, 0.4) is 0 Å². The number of aryl methyl sites for hydroxylation is 2. The number of hydrogen-bond acceptors (Lipinski definition) is 4. The number of fused-ring (bicyclic) bond motifs is 1. The van der Waals surface area contributed by atoms with Crippen LogP contribution in [0.2, 0.25) is 0 Å². The zero-order chi connectivity index (χ0) is 23.2. The van der Waals surface area contributed by atoms with E-state index in [9.17, 15) is 4.79 Å². The number of aliphatic imine (C=N–C) groups is 1. The maximum atomic E-state index is 12.1. The van der Waals surface area contributed by atoms with Crippen LogP contribution in [-0.4, -0.2) is 48.4 Å². The summed E-state index contributed by atoms with van der Waals surface area (Å²) < 4.78 is 5.66. The van der Waals surface area contributed by atoms with Crippen molar-refractivity contribution in [1.82, 2.24) is 20.5 Å². The van der Waals surface area contributed by atoms with Gasteiger partial charge in [-0.3, -0.25) is 4.79 Å². The van der Waals surface area contributed by atoms with E-state index in [2.05, 4.69) is 39.9 Å². The molecule has 0 fully saturated rings. The van der Waals surface area contributed by atoms with Crippen molar-refractivity contribution >= 4 is 35.8 Å². The van der Waals surface area contributed by atoms with Gasteiger partial charge in [-0.1, -0.05) is 42.0 Å². The second kappa shape index (κ2) is 12.0. The Bertz CT molecular complexity index is 1120. The predicted molar refractivity (Wildman–Crippen MR) is 145 cm³/mol. The van der Waals surface area contributed by atoms with Gasteiger partial charge >= 0.3 is 0 Å². The molecular formula is C26H32IN5O2. The number of halogens is 1. The van der Waals surface area contributed by atoms with Crippen LogP contribution in [0.25, 0.3) is 11.5 Å². The number of carbonyl (C=O) groups is 1. The van der Waals surface area contributed by atoms with Crippen molar-refractivity contribution in [2.45, 2.75) is 38.8 Å². The summed E-state index contributed by atoms with van der Waals surface area (Å²) in [7, 11) is 3.49. The Morgan fingerprint density at radius 2 is 1.88 bits per heavy atom. The molecule has 2 N–H and O–H groups in total. The molecule has 1 aliphatic rings. The molecule has 180 valence electrons. The van der Waals surface area contributed by atoms with E-state index in [0.29, 0.717) is 18.4 Å². The highest BCUT2D eigenvalue weighted by Gasteiger charge is 2.19. The lowest BCUT2D eigenvalue weighted by atomic mass is 9.88. The number of oxazole rings is 1. The number of nitrogens with one attached hydrogen (secondary N) is 2. The number of amides is 1. The van der Waals surface area contributed by atoms with Gasteiger partial charge in [-0.15, -0.1) is 24.0 Å². The number of hydrogen-bond donors (Lipinski definition) is 2. The number of guanidine groups is 1. The lowest BCUT2D eigenvalue weighted by Gasteiger charge is -2.27. The monoisotopic (exact) mass is 573 g/mol. The van der Waals surface area contributed by atoms with Gasteiger partial charge in [0.2, 0.25) is 11.8 Å². The predicted octanol–water partition coefficient (Wildman–Crippen LogP) is 3.95. The minimum atomic E-state index is -0.0124. The van der Waals surface area contributed by atoms with Gasteiger partial charge in [-0.2, -0.15) is 0 Å². The molecule has 2 aromatic carbocycles. The Labute approximate surface area is 218 Å². The molecule has 8 heteroatoms. The minimum absolute atomic E-state index is 0. The highest BCUT2D eigenvalue weighted by atomic mass is 127. The smallest absolute Gasteiger partial charge is 0.241 e. The van der Waals surface area contributed by atoms with E-state index >= 15 is 0 Å². The van der Waals surface area contributed by atoms with Gasteiger partial charge in [0.25, 0.3) is 0 Å². The fourth-order valence-electron chi connectivity index (χ4n) is 3.85. The zero-order valence-corrected chi connectivity index (χ0v) is 22.2. The molecular weight excluding hydrogens is 541 g/mol. The largest absolute Gasteiger partial charge is 0.444 e. The second-order valence-electron chi connectivity index (χ2n) is 8.67. The third-order valence-corrected chi connectivity index (χ3v) is 5.84. The van der Waals surface area contributed by atoms with Gasteiger partial charge in [0.05, 0.1) is 13.1 Å². The summed E-state index contributed by atoms with van der Waals surface area (Å²) >= 11 is 0. The first kappa shape index (κ1) is 25.7. The third-order valence-electron chi connectivity index (χ3n) is 5.84. The topological polar surface area (TPSA) is 82.8 Å². The molecule has 1 aromatic heterocycles. The second-order valence-corrected chi connectivity index (χ2v) is 8.67. The highest BCUT2D eigenvalue weighted by molar-refractivity contribution is 14.0. The molecule has 7 nitrogen and oxygen atoms in total. The van der Waals surface area contributed by atoms with E-state index in [0.717, 1.165) is 30.5 Å². The van der Waals surface area contributed by atoms with Crippen LogP contribution in [0.1, 0.15) is 28.8 Å². The van der Waals surface area contributed by atoms with E-state index < -0.39 is 0 Å². The SMILES string of the molecule is Cc1ccc(-c2nc(CN=C(NCC(=O)N(C)C)NC3CCc4ccccc4C3)co2)cc1.I. The molecule has 0 radical (unpaired) electrons. The lowest BCUT2D eigenvalue weighted by Crippen LogP contribution is -2.48. The van der Waals surface area contributed by atoms with E-state index in [1.165, 1.54) is 16.7 Å². The summed E-state index contributed by atoms with van der Waals surface area (Å²) in [5, 5.41) is 6.69. The van der Waals surface area contributed by atoms with Crippen molar-refractivity contribution in [1.29, 1.82) is 0 Å². The summed E-state index contributed by atoms with van der Waals surface area (Å²) in [6.45, 7) is 2.58. The highest BCUT2D eigenvalue weighted by Crippen LogP contribution is 2.21. The number of aromatic nitrogens is 1. The molecule has 1 atom stereocenters. The quantitative estimate of drug-likeness (QED) is 0.265. The van der Waals surface area contributed by atoms with Crippen LogP contribution < -0.4 is 10.6 Å². The van der Waals surface area contributed by atoms with Gasteiger partial charge in [0, 0.05) is 25.7 Å². The number of nitrogens with zero attached hydrogens (tertiary/aromatic N) is 3. The van der Waals surface area contributed by atoms with E-state index in [1.807, 2.05) is 31.2 Å². The Hall–Kier alpha value is -2.88. The Kier molecular flexibility index (Phi) is 9.09. The first-order valence-electron chi connectivity index (χ1n) is 11.3. The molecule has 34 heavy (non-hydrogen) atoms. The standard InChI is InChI=1S/C26H31N5O2.HI/c1-18-8-10-20(11-9-18)25-29-23(17-33-25)15-27-26(28-16-24(32)31(2)3)30-22-13-12-19-6-4-5-7-21(19)14-22;/h4-11,17,22H,12-16H2,1-3H3,(H2,27,28,30);1H. The van der Waals surface area contributed by atoms with Crippen LogP contribution in [0.5, 0.6) is 0 Å². The van der Waals surface area contributed by atoms with Gasteiger partial charge in [0.1, 0.15) is 12.0 Å². The molecule has 1 aliphatic carbocycles. The van der Waals surface area contributed by atoms with Crippen LogP contribution in [0.4, 0.5) is 0 Å². The molecule has 0 saturated carbocycles. The van der Waals surface area contributed by atoms with Crippen molar-refractivity contribution in [2.75, 3.05) is 20.6 Å². The molecule has 0 aliphatic heterocycles. The maximum absolute atomic E-state index is 12.1. The van der Waals surface area contributed by atoms with Crippen LogP contribution in [0.15, 0.2) is 64.2 Å². The minimum Gasteiger partial charge on any atom is -0.444 e. The number of benzene rings is 2. The lowest BCUT2D eigenvalue weighted by molar-refractivity contribution is -0.127. The van der Waals surface area contributed by atoms with Crippen LogP contribution in [0, 0.1) is 6.92 Å². The zero-order valence-electron chi connectivity index (χ0n) is 19.9. The molecule has 1 heterocycles. The summed E-state index contributed by atoms with van der Waals surface area (Å²) in [6, 6.07) is 16.9. The average molecular weight is 573 g/mol. The average Bonchev–Trinajstić information content (AvgIpc) is 3.30. The van der Waals surface area contributed by atoms with Crippen molar-refractivity contribution < 1.29 is 9.21 Å². The Morgan fingerprint density at radius 3 is 2.62 bits per heavy atom. The number of carbonyl (C=O) groups excluding carboxylic acids is 1. The molecule has 3 aromatic rings. The molecule has 1 unspecified atom stereocenters. The van der Waals surface area contributed by atoms with Gasteiger partial charge in [0.15, 0.2) is 5.96 Å². The van der Waals surface area contributed by atoms with E-state index in [-0.39, 0.29) is 42.5 Å². The molecule has 0 bridgehead atoms. The molecule has 0 saturated heterocycles. The maximum Gasteiger partial charge on any atom is 0.241 e. The van der Waals surface area contributed by atoms with Gasteiger partial charge in [-0.25, -0.2) is 9.98 Å². The van der Waals surface area contributed by atoms with Crippen molar-refractivity contribution in [3.05, 3.63) is 77.2 Å². The van der Waals surface area contributed by atoms with Crippen molar-refractivity contribution in [3.63, 3.8) is 0 Å². The molecule has 4 rings (SSSR count). The van der Waals surface area contributed by atoms with Crippen molar-refractivity contribution in [2.24, 2.45) is 4.99 Å². The first-order valence-corrected chi connectivity index (χ1v) is 11.3. The summed E-state index contributed by atoms with van der Waals surface area (Å²) in [4.78, 5) is 23.0. The Morgan fingerprint density at radius 1 is 1.15 bits per heavy atom. The number of rotatable bonds is 6. The van der Waals surface area contributed by atoms with Gasteiger partial charge in [-0.05, 0) is 49.4 Å². The summed E-state index contributed by atoms with van der Waals surface area (Å²) in [6.07, 6.45) is 4.61. The van der Waals surface area contributed by atoms with Gasteiger partial charge < -0.3 is 20.0 Å². The normalized spacial score (nSPS) is 15.1. The van der Waals surface area contributed by atoms with Crippen molar-refractivity contribution in [3.8, 4) is 11.5 Å². The summed E-state index contributed by atoms with van der Waals surface area (Å²) in [5.41, 5.74) is 5.64. The fraction of sp³-hybridized carbons (Fsp3) is 0.346. The first-order chi connectivity index (χ1) is 16.0. The Balaban J connectivity index is 0.00000324. The third kappa shape index (κ3) is 6.82. The number of likely N-dealkylation sites (N-methyl/N-ethyl adjacent to an activating group) is 1. The van der Waals surface area contributed by atoms with Crippen LogP contribution in [-0.2, 0) is 24.2 Å². The molecule has 1 amide bonds. The van der Waals surface area contributed by atoms with E-state index in [4.69, 9.17) is 9.41 Å². The van der Waals surface area contributed by atoms with E-state index in [1.54, 1.807) is 25.3 Å². The fourth-order valence-corrected chi connectivity index (χ4v) is 3.85. The summed E-state index contributed by atoms with van der Waals surface area (Å²) in [5.74, 6) is 1.17. The van der Waals surface area contributed by atoms with Crippen LogP contribution >= 0.6 is 24.0 Å².